The summed E-state index contributed by atoms with van der Waals surface area (Å²) in [5, 5.41) is 0. The van der Waals surface area contributed by atoms with Crippen LogP contribution in [-0.4, -0.2) is 13.0 Å². The van der Waals surface area contributed by atoms with E-state index >= 15 is 0 Å². The van der Waals surface area contributed by atoms with Crippen LogP contribution < -0.4 is 9.64 Å². The maximum Gasteiger partial charge on any atom is 0.255 e. The summed E-state index contributed by atoms with van der Waals surface area (Å²) in [5.41, 5.74) is 3.03. The van der Waals surface area contributed by atoms with Crippen LogP contribution in [0, 0.1) is 6.92 Å². The second kappa shape index (κ2) is 7.14. The molecule has 3 rings (SSSR count). The lowest BCUT2D eigenvalue weighted by molar-refractivity contribution is -0.113. The highest BCUT2D eigenvalue weighted by Gasteiger charge is 2.27. The Morgan fingerprint density at radius 2 is 1.88 bits per heavy atom. The van der Waals surface area contributed by atoms with Crippen LogP contribution in [0.15, 0.2) is 58.3 Å². The van der Waals surface area contributed by atoms with Crippen molar-refractivity contribution in [2.75, 3.05) is 12.0 Å². The number of anilines is 2. The molecule has 1 aliphatic rings. The van der Waals surface area contributed by atoms with E-state index in [1.807, 2.05) is 36.4 Å². The molecule has 0 saturated heterocycles. The minimum Gasteiger partial charge on any atom is -0.497 e. The van der Waals surface area contributed by atoms with E-state index in [-0.39, 0.29) is 5.91 Å². The van der Waals surface area contributed by atoms with E-state index in [0.717, 1.165) is 39.8 Å². The number of unbranched alkanes of at least 4 members (excludes halogenated alkanes) is 1. The number of rotatable bonds is 4. The van der Waals surface area contributed by atoms with Crippen LogP contribution in [0.25, 0.3) is 0 Å². The summed E-state index contributed by atoms with van der Waals surface area (Å²) in [6, 6.07) is 12.0. The van der Waals surface area contributed by atoms with Gasteiger partial charge in [-0.2, -0.15) is 0 Å². The largest absolute Gasteiger partial charge is 0.497 e. The van der Waals surface area contributed by atoms with Gasteiger partial charge in [-0.05, 0) is 55.3 Å². The number of allylic oxidation sites excluding steroid dienone is 1. The first kappa shape index (κ1) is 16.7. The van der Waals surface area contributed by atoms with E-state index in [1.54, 1.807) is 29.8 Å². The summed E-state index contributed by atoms with van der Waals surface area (Å²) in [5.74, 6) is 0.784. The van der Waals surface area contributed by atoms with Crippen molar-refractivity contribution in [1.29, 1.82) is 0 Å². The van der Waals surface area contributed by atoms with Crippen molar-refractivity contribution in [2.24, 2.45) is 0 Å². The van der Waals surface area contributed by atoms with E-state index in [0.29, 0.717) is 0 Å². The number of hydrogen-bond donors (Lipinski definition) is 0. The van der Waals surface area contributed by atoms with Crippen LogP contribution in [0.3, 0.4) is 0 Å². The molecule has 1 aliphatic heterocycles. The summed E-state index contributed by atoms with van der Waals surface area (Å²) in [6.07, 6.45) is 5.56. The smallest absolute Gasteiger partial charge is 0.255 e. The number of carbonyl (C=O) groups is 1. The maximum absolute atomic E-state index is 12.8. The maximum atomic E-state index is 12.8. The van der Waals surface area contributed by atoms with Crippen molar-refractivity contribution in [3.05, 3.63) is 54.1 Å². The summed E-state index contributed by atoms with van der Waals surface area (Å²) in [4.78, 5) is 16.8. The van der Waals surface area contributed by atoms with Crippen LogP contribution in [0.4, 0.5) is 11.4 Å². The lowest BCUT2D eigenvalue weighted by atomic mass is 10.1. The molecular formula is C20H21NO2S. The lowest BCUT2D eigenvalue weighted by Gasteiger charge is -2.30. The van der Waals surface area contributed by atoms with Crippen LogP contribution in [0.5, 0.6) is 5.75 Å². The zero-order valence-corrected chi connectivity index (χ0v) is 15.0. The molecule has 2 aromatic carbocycles. The van der Waals surface area contributed by atoms with Gasteiger partial charge in [0.05, 0.1) is 18.5 Å². The summed E-state index contributed by atoms with van der Waals surface area (Å²) < 4.78 is 5.34. The fraction of sp³-hybridized carbons (Fsp3) is 0.250. The van der Waals surface area contributed by atoms with Gasteiger partial charge in [-0.3, -0.25) is 9.69 Å². The molecule has 24 heavy (non-hydrogen) atoms. The molecule has 0 fully saturated rings. The van der Waals surface area contributed by atoms with Gasteiger partial charge in [-0.25, -0.2) is 0 Å². The number of nitrogens with zero attached hydrogens (tertiary/aromatic N) is 1. The Balaban J connectivity index is 2.08. The first-order chi connectivity index (χ1) is 11.6. The van der Waals surface area contributed by atoms with E-state index in [9.17, 15) is 4.79 Å². The van der Waals surface area contributed by atoms with Gasteiger partial charge in [0.2, 0.25) is 0 Å². The minimum atomic E-state index is -0.0136. The number of carbonyl (C=O) groups excluding carboxylic acids is 1. The highest BCUT2D eigenvalue weighted by Crippen LogP contribution is 2.49. The Bertz CT molecular complexity index is 798. The van der Waals surface area contributed by atoms with Crippen molar-refractivity contribution in [3.8, 4) is 5.75 Å². The third-order valence-electron chi connectivity index (χ3n) is 3.92. The molecule has 1 amide bonds. The molecule has 0 N–H and O–H groups in total. The number of amides is 1. The van der Waals surface area contributed by atoms with Crippen molar-refractivity contribution in [2.45, 2.75) is 36.5 Å². The molecule has 3 nitrogen and oxygen atoms in total. The van der Waals surface area contributed by atoms with Gasteiger partial charge in [0.15, 0.2) is 0 Å². The zero-order chi connectivity index (χ0) is 17.1. The molecule has 124 valence electrons. The number of hydrogen-bond acceptors (Lipinski definition) is 3. The predicted molar refractivity (Wildman–Crippen MR) is 99.5 cm³/mol. The first-order valence-electron chi connectivity index (χ1n) is 8.11. The molecule has 4 heteroatoms. The van der Waals surface area contributed by atoms with Crippen molar-refractivity contribution in [3.63, 3.8) is 0 Å². The van der Waals surface area contributed by atoms with E-state index < -0.39 is 0 Å². The Hall–Kier alpha value is -2.20. The van der Waals surface area contributed by atoms with Gasteiger partial charge in [0.1, 0.15) is 5.75 Å². The third kappa shape index (κ3) is 3.20. The molecular weight excluding hydrogens is 318 g/mol. The van der Waals surface area contributed by atoms with Gasteiger partial charge < -0.3 is 4.74 Å². The van der Waals surface area contributed by atoms with Crippen LogP contribution in [0.2, 0.25) is 0 Å². The van der Waals surface area contributed by atoms with Gasteiger partial charge in [0, 0.05) is 9.79 Å². The molecule has 0 spiro atoms. The lowest BCUT2D eigenvalue weighted by Crippen LogP contribution is -2.26. The third-order valence-corrected chi connectivity index (χ3v) is 5.01. The van der Waals surface area contributed by atoms with Crippen molar-refractivity contribution < 1.29 is 9.53 Å². The second-order valence-corrected chi connectivity index (χ2v) is 6.86. The Morgan fingerprint density at radius 1 is 1.17 bits per heavy atom. The Kier molecular flexibility index (Phi) is 4.95. The second-order valence-electron chi connectivity index (χ2n) is 5.77. The molecule has 0 bridgehead atoms. The van der Waals surface area contributed by atoms with Gasteiger partial charge >= 0.3 is 0 Å². The highest BCUT2D eigenvalue weighted by atomic mass is 32.2. The number of fused-ring (bicyclic) bond motifs is 2. The van der Waals surface area contributed by atoms with Crippen molar-refractivity contribution in [1.82, 2.24) is 0 Å². The monoisotopic (exact) mass is 339 g/mol. The molecule has 0 unspecified atom stereocenters. The summed E-state index contributed by atoms with van der Waals surface area (Å²) in [6.45, 7) is 4.17. The number of aryl methyl sites for hydroxylation is 1. The number of benzene rings is 2. The van der Waals surface area contributed by atoms with Crippen LogP contribution >= 0.6 is 11.8 Å². The molecule has 1 heterocycles. The van der Waals surface area contributed by atoms with Gasteiger partial charge in [0.25, 0.3) is 5.91 Å². The molecule has 0 saturated carbocycles. The normalized spacial score (nSPS) is 12.9. The average Bonchev–Trinajstić information content (AvgIpc) is 2.59. The number of methoxy groups -OCH3 is 1. The Labute approximate surface area is 147 Å². The minimum absolute atomic E-state index is 0.0136. The summed E-state index contributed by atoms with van der Waals surface area (Å²) in [7, 11) is 1.66. The SMILES string of the molecule is CCCC=CC(=O)N1c2ccc(C)cc2Sc2cc(OC)ccc21. The van der Waals surface area contributed by atoms with E-state index in [2.05, 4.69) is 19.9 Å². The molecule has 0 atom stereocenters. The molecule has 0 aliphatic carbocycles. The standard InChI is InChI=1S/C20H21NO2S/c1-4-5-6-7-20(22)21-16-10-8-14(2)12-18(16)24-19-13-15(23-3)9-11-17(19)21/h6-13H,4-5H2,1-3H3. The van der Waals surface area contributed by atoms with E-state index in [4.69, 9.17) is 4.74 Å². The molecule has 0 aromatic heterocycles. The average molecular weight is 339 g/mol. The van der Waals surface area contributed by atoms with Gasteiger partial charge in [-0.1, -0.05) is 37.2 Å². The quantitative estimate of drug-likeness (QED) is 0.690. The fourth-order valence-electron chi connectivity index (χ4n) is 2.69. The fourth-order valence-corrected chi connectivity index (χ4v) is 3.87. The predicted octanol–water partition coefficient (Wildman–Crippen LogP) is 5.49. The topological polar surface area (TPSA) is 29.5 Å². The van der Waals surface area contributed by atoms with E-state index in [1.165, 1.54) is 5.56 Å². The number of ether oxygens (including phenoxy) is 1. The van der Waals surface area contributed by atoms with Crippen molar-refractivity contribution >= 4 is 29.0 Å². The first-order valence-corrected chi connectivity index (χ1v) is 8.93. The van der Waals surface area contributed by atoms with Crippen LogP contribution in [0.1, 0.15) is 25.3 Å². The van der Waals surface area contributed by atoms with Crippen LogP contribution in [-0.2, 0) is 4.79 Å². The van der Waals surface area contributed by atoms with Gasteiger partial charge in [-0.15, -0.1) is 0 Å². The zero-order valence-electron chi connectivity index (χ0n) is 14.2. The molecule has 0 radical (unpaired) electrons. The molecule has 2 aromatic rings. The highest BCUT2D eigenvalue weighted by molar-refractivity contribution is 7.99. The summed E-state index contributed by atoms with van der Waals surface area (Å²) >= 11 is 1.68. The Morgan fingerprint density at radius 3 is 2.58 bits per heavy atom.